The lowest BCUT2D eigenvalue weighted by Gasteiger charge is -2.24. The van der Waals surface area contributed by atoms with Gasteiger partial charge in [-0.2, -0.15) is 9.57 Å². The van der Waals surface area contributed by atoms with E-state index in [0.717, 1.165) is 0 Å². The SMILES string of the molecule is CC(C)N(CCC#N)S(=O)(=O)Cc1ccc([N+](=O)[O-])cc1. The predicted octanol–water partition coefficient (Wildman–Crippen LogP) is 2.05. The lowest BCUT2D eigenvalue weighted by Crippen LogP contribution is -2.38. The maximum Gasteiger partial charge on any atom is 0.269 e. The quantitative estimate of drug-likeness (QED) is 0.566. The van der Waals surface area contributed by atoms with Crippen molar-refractivity contribution in [2.45, 2.75) is 32.1 Å². The fourth-order valence-corrected chi connectivity index (χ4v) is 3.68. The van der Waals surface area contributed by atoms with Gasteiger partial charge in [-0.3, -0.25) is 10.1 Å². The van der Waals surface area contributed by atoms with Gasteiger partial charge in [0.25, 0.3) is 5.69 Å². The zero-order valence-electron chi connectivity index (χ0n) is 11.9. The fourth-order valence-electron chi connectivity index (χ4n) is 1.89. The summed E-state index contributed by atoms with van der Waals surface area (Å²) in [7, 11) is -3.57. The number of nitrogens with zero attached hydrogens (tertiary/aromatic N) is 3. The molecule has 8 heteroatoms. The topological polar surface area (TPSA) is 104 Å². The molecule has 0 aromatic heterocycles. The van der Waals surface area contributed by atoms with E-state index in [2.05, 4.69) is 0 Å². The molecule has 0 bridgehead atoms. The number of nitro benzene ring substituents is 1. The highest BCUT2D eigenvalue weighted by Crippen LogP contribution is 2.17. The van der Waals surface area contributed by atoms with Crippen LogP contribution in [0.1, 0.15) is 25.8 Å². The minimum Gasteiger partial charge on any atom is -0.258 e. The number of hydrogen-bond acceptors (Lipinski definition) is 5. The largest absolute Gasteiger partial charge is 0.269 e. The summed E-state index contributed by atoms with van der Waals surface area (Å²) in [6, 6.07) is 7.09. The van der Waals surface area contributed by atoms with E-state index in [1.807, 2.05) is 6.07 Å². The van der Waals surface area contributed by atoms with E-state index in [1.165, 1.54) is 28.6 Å². The Hall–Kier alpha value is -1.98. The number of benzene rings is 1. The number of hydrogen-bond donors (Lipinski definition) is 0. The normalized spacial score (nSPS) is 11.6. The van der Waals surface area contributed by atoms with Crippen LogP contribution in [0.2, 0.25) is 0 Å². The van der Waals surface area contributed by atoms with E-state index in [4.69, 9.17) is 5.26 Å². The molecule has 0 heterocycles. The Morgan fingerprint density at radius 1 is 1.33 bits per heavy atom. The molecule has 0 fully saturated rings. The number of nitro groups is 1. The van der Waals surface area contributed by atoms with Gasteiger partial charge >= 0.3 is 0 Å². The molecule has 1 rings (SSSR count). The van der Waals surface area contributed by atoms with Crippen molar-refractivity contribution in [1.82, 2.24) is 4.31 Å². The van der Waals surface area contributed by atoms with Crippen molar-refractivity contribution in [3.8, 4) is 6.07 Å². The van der Waals surface area contributed by atoms with Crippen LogP contribution >= 0.6 is 0 Å². The van der Waals surface area contributed by atoms with Gasteiger partial charge in [-0.05, 0) is 19.4 Å². The molecule has 1 aromatic carbocycles. The molecule has 0 amide bonds. The molecular formula is C13H17N3O4S. The van der Waals surface area contributed by atoms with E-state index in [0.29, 0.717) is 5.56 Å². The van der Waals surface area contributed by atoms with Gasteiger partial charge < -0.3 is 0 Å². The third kappa shape index (κ3) is 4.81. The first kappa shape index (κ1) is 17.1. The molecule has 0 aliphatic carbocycles. The Morgan fingerprint density at radius 2 is 1.90 bits per heavy atom. The average Bonchev–Trinajstić information content (AvgIpc) is 2.38. The third-order valence-corrected chi connectivity index (χ3v) is 4.89. The molecule has 0 saturated heterocycles. The number of non-ortho nitro benzene ring substituents is 1. The van der Waals surface area contributed by atoms with Crippen molar-refractivity contribution >= 4 is 15.7 Å². The van der Waals surface area contributed by atoms with E-state index < -0.39 is 14.9 Å². The van der Waals surface area contributed by atoms with Gasteiger partial charge in [0.15, 0.2) is 0 Å². The van der Waals surface area contributed by atoms with Crippen LogP contribution in [0.25, 0.3) is 0 Å². The second-order valence-electron chi connectivity index (χ2n) is 4.79. The first-order valence-electron chi connectivity index (χ1n) is 6.37. The zero-order chi connectivity index (χ0) is 16.0. The van der Waals surface area contributed by atoms with Crippen LogP contribution in [0, 0.1) is 21.4 Å². The minimum absolute atomic E-state index is 0.0821. The monoisotopic (exact) mass is 311 g/mol. The second kappa shape index (κ2) is 7.15. The van der Waals surface area contributed by atoms with Crippen LogP contribution in [0.15, 0.2) is 24.3 Å². The molecule has 114 valence electrons. The van der Waals surface area contributed by atoms with Crippen molar-refractivity contribution in [2.75, 3.05) is 6.54 Å². The molecule has 0 unspecified atom stereocenters. The van der Waals surface area contributed by atoms with Crippen LogP contribution < -0.4 is 0 Å². The van der Waals surface area contributed by atoms with E-state index in [-0.39, 0.29) is 30.4 Å². The molecule has 0 radical (unpaired) electrons. The molecule has 0 aliphatic heterocycles. The summed E-state index contributed by atoms with van der Waals surface area (Å²) >= 11 is 0. The minimum atomic E-state index is -3.57. The Kier molecular flexibility index (Phi) is 5.81. The predicted molar refractivity (Wildman–Crippen MR) is 77.8 cm³/mol. The molecule has 0 aliphatic rings. The standard InChI is InChI=1S/C13H17N3O4S/c1-11(2)15(9-3-8-14)21(19,20)10-12-4-6-13(7-5-12)16(17)18/h4-7,11H,3,9-10H2,1-2H3. The smallest absolute Gasteiger partial charge is 0.258 e. The van der Waals surface area contributed by atoms with E-state index in [1.54, 1.807) is 13.8 Å². The molecule has 0 saturated carbocycles. The maximum atomic E-state index is 12.3. The molecule has 21 heavy (non-hydrogen) atoms. The first-order valence-corrected chi connectivity index (χ1v) is 7.98. The number of nitriles is 1. The Labute approximate surface area is 124 Å². The number of rotatable bonds is 7. The molecule has 0 N–H and O–H groups in total. The van der Waals surface area contributed by atoms with Crippen LogP contribution in [0.3, 0.4) is 0 Å². The second-order valence-corrected chi connectivity index (χ2v) is 6.71. The number of sulfonamides is 1. The highest BCUT2D eigenvalue weighted by molar-refractivity contribution is 7.88. The van der Waals surface area contributed by atoms with Crippen LogP contribution in [0.4, 0.5) is 5.69 Å². The fraction of sp³-hybridized carbons (Fsp3) is 0.462. The van der Waals surface area contributed by atoms with Gasteiger partial charge in [0.1, 0.15) is 0 Å². The van der Waals surface area contributed by atoms with Gasteiger partial charge in [0.2, 0.25) is 10.0 Å². The lowest BCUT2D eigenvalue weighted by atomic mass is 10.2. The molecule has 0 atom stereocenters. The molecule has 0 spiro atoms. The van der Waals surface area contributed by atoms with Gasteiger partial charge in [0.05, 0.1) is 16.7 Å². The summed E-state index contributed by atoms with van der Waals surface area (Å²) in [5.41, 5.74) is 0.393. The van der Waals surface area contributed by atoms with E-state index >= 15 is 0 Å². The molecular weight excluding hydrogens is 294 g/mol. The summed E-state index contributed by atoms with van der Waals surface area (Å²) < 4.78 is 26.0. The summed E-state index contributed by atoms with van der Waals surface area (Å²) in [4.78, 5) is 10.0. The highest BCUT2D eigenvalue weighted by atomic mass is 32.2. The van der Waals surface area contributed by atoms with Crippen molar-refractivity contribution in [2.24, 2.45) is 0 Å². The first-order chi connectivity index (χ1) is 9.77. The van der Waals surface area contributed by atoms with Crippen molar-refractivity contribution < 1.29 is 13.3 Å². The molecule has 7 nitrogen and oxygen atoms in total. The van der Waals surface area contributed by atoms with E-state index in [9.17, 15) is 18.5 Å². The Bertz CT molecular complexity index is 632. The highest BCUT2D eigenvalue weighted by Gasteiger charge is 2.25. The molecule has 1 aromatic rings. The summed E-state index contributed by atoms with van der Waals surface area (Å²) in [6.07, 6.45) is 0.123. The van der Waals surface area contributed by atoms with Gasteiger partial charge in [0, 0.05) is 31.1 Å². The summed E-state index contributed by atoms with van der Waals surface area (Å²) in [5.74, 6) is -0.241. The van der Waals surface area contributed by atoms with Crippen molar-refractivity contribution in [1.29, 1.82) is 5.26 Å². The Morgan fingerprint density at radius 3 is 2.33 bits per heavy atom. The summed E-state index contributed by atoms with van der Waals surface area (Å²) in [5, 5.41) is 19.2. The van der Waals surface area contributed by atoms with Crippen molar-refractivity contribution in [3.63, 3.8) is 0 Å². The lowest BCUT2D eigenvalue weighted by molar-refractivity contribution is -0.384. The van der Waals surface area contributed by atoms with Crippen LogP contribution in [-0.4, -0.2) is 30.2 Å². The van der Waals surface area contributed by atoms with Crippen LogP contribution in [-0.2, 0) is 15.8 Å². The van der Waals surface area contributed by atoms with Gasteiger partial charge in [-0.25, -0.2) is 8.42 Å². The average molecular weight is 311 g/mol. The van der Waals surface area contributed by atoms with Gasteiger partial charge in [-0.1, -0.05) is 12.1 Å². The third-order valence-electron chi connectivity index (χ3n) is 2.87. The summed E-state index contributed by atoms with van der Waals surface area (Å²) in [6.45, 7) is 3.62. The zero-order valence-corrected chi connectivity index (χ0v) is 12.7. The van der Waals surface area contributed by atoms with Gasteiger partial charge in [-0.15, -0.1) is 0 Å². The Balaban J connectivity index is 2.92. The van der Waals surface area contributed by atoms with Crippen LogP contribution in [0.5, 0.6) is 0 Å². The van der Waals surface area contributed by atoms with Crippen molar-refractivity contribution in [3.05, 3.63) is 39.9 Å². The maximum absolute atomic E-state index is 12.3.